The van der Waals surface area contributed by atoms with Crippen molar-refractivity contribution < 1.29 is 5.11 Å². The standard InChI is InChI=1S/C12H12ClNO/c1-7-3-4-9-6-10(8(2)15)12(13)14-11(9)5-7/h3-6,8,15H,1-2H3/t8-/m1/s1. The smallest absolute Gasteiger partial charge is 0.135 e. The predicted molar refractivity (Wildman–Crippen MR) is 62.1 cm³/mol. The Balaban J connectivity index is 2.71. The van der Waals surface area contributed by atoms with Crippen LogP contribution in [0.5, 0.6) is 0 Å². The van der Waals surface area contributed by atoms with Crippen molar-refractivity contribution in [2.24, 2.45) is 0 Å². The van der Waals surface area contributed by atoms with Crippen molar-refractivity contribution >= 4 is 22.5 Å². The minimum atomic E-state index is -0.587. The molecule has 0 amide bonds. The van der Waals surface area contributed by atoms with Crippen LogP contribution in [-0.2, 0) is 0 Å². The zero-order valence-corrected chi connectivity index (χ0v) is 9.42. The van der Waals surface area contributed by atoms with Crippen molar-refractivity contribution in [3.63, 3.8) is 0 Å². The Hall–Kier alpha value is -1.12. The molecule has 1 aromatic heterocycles. The number of hydrogen-bond donors (Lipinski definition) is 1. The molecule has 1 aromatic carbocycles. The Morgan fingerprint density at radius 2 is 2.07 bits per heavy atom. The average molecular weight is 222 g/mol. The minimum absolute atomic E-state index is 0.378. The van der Waals surface area contributed by atoms with Gasteiger partial charge in [0.2, 0.25) is 0 Å². The first-order chi connectivity index (χ1) is 7.08. The van der Waals surface area contributed by atoms with Gasteiger partial charge in [-0.2, -0.15) is 0 Å². The SMILES string of the molecule is Cc1ccc2cc([C@@H](C)O)c(Cl)nc2c1. The second-order valence-corrected chi connectivity index (χ2v) is 4.10. The fraction of sp³-hybridized carbons (Fsp3) is 0.250. The van der Waals surface area contributed by atoms with Crippen molar-refractivity contribution in [3.8, 4) is 0 Å². The van der Waals surface area contributed by atoms with Gasteiger partial charge in [-0.3, -0.25) is 0 Å². The zero-order valence-electron chi connectivity index (χ0n) is 8.66. The highest BCUT2D eigenvalue weighted by atomic mass is 35.5. The highest BCUT2D eigenvalue weighted by molar-refractivity contribution is 6.30. The van der Waals surface area contributed by atoms with Gasteiger partial charge in [-0.05, 0) is 31.5 Å². The molecule has 0 unspecified atom stereocenters. The zero-order chi connectivity index (χ0) is 11.0. The third kappa shape index (κ3) is 1.96. The Kier molecular flexibility index (Phi) is 2.63. The quantitative estimate of drug-likeness (QED) is 0.750. The van der Waals surface area contributed by atoms with Gasteiger partial charge in [-0.15, -0.1) is 0 Å². The van der Waals surface area contributed by atoms with Crippen molar-refractivity contribution in [2.75, 3.05) is 0 Å². The number of pyridine rings is 1. The lowest BCUT2D eigenvalue weighted by Crippen LogP contribution is -1.95. The fourth-order valence-electron chi connectivity index (χ4n) is 1.56. The number of nitrogens with zero attached hydrogens (tertiary/aromatic N) is 1. The van der Waals surface area contributed by atoms with Crippen LogP contribution < -0.4 is 0 Å². The molecule has 2 rings (SSSR count). The summed E-state index contributed by atoms with van der Waals surface area (Å²) in [6, 6.07) is 7.87. The second kappa shape index (κ2) is 3.80. The number of aliphatic hydroxyl groups excluding tert-OH is 1. The van der Waals surface area contributed by atoms with Crippen molar-refractivity contribution in [1.82, 2.24) is 4.98 Å². The molecule has 1 heterocycles. The van der Waals surface area contributed by atoms with E-state index < -0.39 is 6.10 Å². The lowest BCUT2D eigenvalue weighted by atomic mass is 10.1. The molecule has 0 radical (unpaired) electrons. The highest BCUT2D eigenvalue weighted by Gasteiger charge is 2.09. The van der Waals surface area contributed by atoms with E-state index in [0.29, 0.717) is 10.7 Å². The first kappa shape index (κ1) is 10.4. The molecular formula is C12H12ClNO. The highest BCUT2D eigenvalue weighted by Crippen LogP contribution is 2.25. The summed E-state index contributed by atoms with van der Waals surface area (Å²) in [6.07, 6.45) is -0.587. The number of hydrogen-bond acceptors (Lipinski definition) is 2. The van der Waals surface area contributed by atoms with Gasteiger partial charge in [0.15, 0.2) is 0 Å². The molecule has 2 nitrogen and oxygen atoms in total. The minimum Gasteiger partial charge on any atom is -0.389 e. The maximum Gasteiger partial charge on any atom is 0.135 e. The van der Waals surface area contributed by atoms with Gasteiger partial charge in [0.1, 0.15) is 5.15 Å². The van der Waals surface area contributed by atoms with E-state index in [0.717, 1.165) is 16.5 Å². The van der Waals surface area contributed by atoms with Crippen LogP contribution in [0, 0.1) is 6.92 Å². The summed E-state index contributed by atoms with van der Waals surface area (Å²) in [5.41, 5.74) is 2.69. The number of aromatic nitrogens is 1. The maximum absolute atomic E-state index is 9.49. The van der Waals surface area contributed by atoms with Crippen molar-refractivity contribution in [2.45, 2.75) is 20.0 Å². The number of fused-ring (bicyclic) bond motifs is 1. The van der Waals surface area contributed by atoms with E-state index in [2.05, 4.69) is 4.98 Å². The van der Waals surface area contributed by atoms with Crippen LogP contribution in [0.25, 0.3) is 10.9 Å². The second-order valence-electron chi connectivity index (χ2n) is 3.74. The predicted octanol–water partition coefficient (Wildman–Crippen LogP) is 3.25. The molecule has 0 saturated heterocycles. The van der Waals surface area contributed by atoms with Crippen molar-refractivity contribution in [1.29, 1.82) is 0 Å². The normalized spacial score (nSPS) is 13.1. The van der Waals surface area contributed by atoms with Crippen LogP contribution >= 0.6 is 11.6 Å². The molecule has 2 aromatic rings. The molecule has 0 fully saturated rings. The first-order valence-electron chi connectivity index (χ1n) is 4.83. The monoisotopic (exact) mass is 221 g/mol. The number of aliphatic hydroxyl groups is 1. The fourth-order valence-corrected chi connectivity index (χ4v) is 1.87. The Morgan fingerprint density at radius 1 is 1.33 bits per heavy atom. The molecular weight excluding hydrogens is 210 g/mol. The maximum atomic E-state index is 9.49. The van der Waals surface area contributed by atoms with Crippen LogP contribution in [0.15, 0.2) is 24.3 Å². The molecule has 0 aliphatic rings. The number of benzene rings is 1. The third-order valence-electron chi connectivity index (χ3n) is 2.40. The van der Waals surface area contributed by atoms with Gasteiger partial charge < -0.3 is 5.11 Å². The van der Waals surface area contributed by atoms with Gasteiger partial charge >= 0.3 is 0 Å². The van der Waals surface area contributed by atoms with E-state index in [-0.39, 0.29) is 0 Å². The number of halogens is 1. The molecule has 0 aliphatic heterocycles. The number of rotatable bonds is 1. The molecule has 3 heteroatoms. The van der Waals surface area contributed by atoms with E-state index in [1.807, 2.05) is 31.2 Å². The summed E-state index contributed by atoms with van der Waals surface area (Å²) >= 11 is 5.98. The van der Waals surface area contributed by atoms with Gasteiger partial charge in [0, 0.05) is 10.9 Å². The Bertz CT molecular complexity index is 508. The van der Waals surface area contributed by atoms with Gasteiger partial charge in [-0.1, -0.05) is 23.7 Å². The molecule has 78 valence electrons. The summed E-state index contributed by atoms with van der Waals surface area (Å²) in [7, 11) is 0. The molecule has 0 saturated carbocycles. The van der Waals surface area contributed by atoms with Gasteiger partial charge in [-0.25, -0.2) is 4.98 Å². The van der Waals surface area contributed by atoms with Gasteiger partial charge in [0.05, 0.1) is 11.6 Å². The average Bonchev–Trinajstić information content (AvgIpc) is 2.15. The van der Waals surface area contributed by atoms with E-state index in [1.165, 1.54) is 0 Å². The molecule has 0 aliphatic carbocycles. The molecule has 15 heavy (non-hydrogen) atoms. The first-order valence-corrected chi connectivity index (χ1v) is 5.20. The lowest BCUT2D eigenvalue weighted by Gasteiger charge is -2.08. The van der Waals surface area contributed by atoms with E-state index >= 15 is 0 Å². The third-order valence-corrected chi connectivity index (χ3v) is 2.71. The van der Waals surface area contributed by atoms with E-state index in [4.69, 9.17) is 11.6 Å². The summed E-state index contributed by atoms with van der Waals surface area (Å²) in [5, 5.41) is 10.9. The summed E-state index contributed by atoms with van der Waals surface area (Å²) < 4.78 is 0. The van der Waals surface area contributed by atoms with Crippen LogP contribution in [0.2, 0.25) is 5.15 Å². The molecule has 1 atom stereocenters. The van der Waals surface area contributed by atoms with E-state index in [9.17, 15) is 5.11 Å². The van der Waals surface area contributed by atoms with Crippen LogP contribution in [0.1, 0.15) is 24.2 Å². The molecule has 0 spiro atoms. The van der Waals surface area contributed by atoms with Crippen LogP contribution in [0.3, 0.4) is 0 Å². The molecule has 0 bridgehead atoms. The van der Waals surface area contributed by atoms with Crippen LogP contribution in [-0.4, -0.2) is 10.1 Å². The summed E-state index contributed by atoms with van der Waals surface area (Å²) in [6.45, 7) is 3.69. The lowest BCUT2D eigenvalue weighted by molar-refractivity contribution is 0.199. The molecule has 1 N–H and O–H groups in total. The van der Waals surface area contributed by atoms with Gasteiger partial charge in [0.25, 0.3) is 0 Å². The Morgan fingerprint density at radius 3 is 2.73 bits per heavy atom. The summed E-state index contributed by atoms with van der Waals surface area (Å²) in [5.74, 6) is 0. The topological polar surface area (TPSA) is 33.1 Å². The van der Waals surface area contributed by atoms with Crippen molar-refractivity contribution in [3.05, 3.63) is 40.5 Å². The van der Waals surface area contributed by atoms with Crippen LogP contribution in [0.4, 0.5) is 0 Å². The van der Waals surface area contributed by atoms with E-state index in [1.54, 1.807) is 6.92 Å². The largest absolute Gasteiger partial charge is 0.389 e. The Labute approximate surface area is 93.5 Å². The number of aryl methyl sites for hydroxylation is 1. The summed E-state index contributed by atoms with van der Waals surface area (Å²) in [4.78, 5) is 4.26.